The van der Waals surface area contributed by atoms with Crippen LogP contribution in [-0.4, -0.2) is 37.6 Å². The van der Waals surface area contributed by atoms with Gasteiger partial charge in [0.2, 0.25) is 0 Å². The summed E-state index contributed by atoms with van der Waals surface area (Å²) in [5.74, 6) is -4.10. The summed E-state index contributed by atoms with van der Waals surface area (Å²) in [4.78, 5) is 36.2. The quantitative estimate of drug-likeness (QED) is 0.316. The average molecular weight is 184 g/mol. The molecule has 0 aromatic heterocycles. The predicted octanol–water partition coefficient (Wildman–Crippen LogP) is -1.30. The molecule has 0 unspecified atom stereocenters. The second kappa shape index (κ2) is 3.00. The summed E-state index contributed by atoms with van der Waals surface area (Å²) in [6.07, 6.45) is 0. The fourth-order valence-electron chi connectivity index (χ4n) is 0.393. The Hall–Kier alpha value is -0.910. The van der Waals surface area contributed by atoms with Crippen LogP contribution in [0.1, 0.15) is 0 Å². The van der Waals surface area contributed by atoms with Crippen LogP contribution in [0.2, 0.25) is 0 Å². The normalized spacial score (nSPS) is 11.5. The second-order valence-corrected chi connectivity index (χ2v) is 3.36. The lowest BCUT2D eigenvalue weighted by Crippen LogP contribution is -2.29. The maximum Gasteiger partial charge on any atom is 0.351 e. The van der Waals surface area contributed by atoms with Crippen molar-refractivity contribution in [2.24, 2.45) is 0 Å². The number of carboxylic acids is 2. The van der Waals surface area contributed by atoms with E-state index in [4.69, 9.17) is 20.0 Å². The fraction of sp³-hybridized carbons (Fsp3) is 0.333. The van der Waals surface area contributed by atoms with Gasteiger partial charge in [-0.25, -0.2) is 0 Å². The third-order valence-corrected chi connectivity index (χ3v) is 1.92. The first-order chi connectivity index (χ1) is 4.76. The summed E-state index contributed by atoms with van der Waals surface area (Å²) in [6.45, 7) is 0. The first-order valence-electron chi connectivity index (χ1n) is 2.27. The van der Waals surface area contributed by atoms with Crippen LogP contribution in [0, 0.1) is 0 Å². The Balaban J connectivity index is 4.78. The number of carbonyl (C=O) groups is 2. The first kappa shape index (κ1) is 10.1. The van der Waals surface area contributed by atoms with Gasteiger partial charge in [-0.05, 0) is 0 Å². The number of aliphatic carboxylic acids is 2. The summed E-state index contributed by atoms with van der Waals surface area (Å²) < 4.78 is 10.1. The van der Waals surface area contributed by atoms with E-state index in [1.54, 1.807) is 0 Å². The molecule has 0 rings (SSSR count). The van der Waals surface area contributed by atoms with Gasteiger partial charge in [-0.2, -0.15) is 0 Å². The minimum Gasteiger partial charge on any atom is -0.480 e. The minimum atomic E-state index is -5.09. The summed E-state index contributed by atoms with van der Waals surface area (Å²) in [7, 11) is -5.09. The summed E-state index contributed by atoms with van der Waals surface area (Å²) in [5, 5.41) is 16.0. The van der Waals surface area contributed by atoms with E-state index in [0.717, 1.165) is 0 Å². The highest BCUT2D eigenvalue weighted by Gasteiger charge is 2.42. The Labute approximate surface area is 60.4 Å². The van der Waals surface area contributed by atoms with E-state index in [0.29, 0.717) is 0 Å². The molecular formula is C3H5O7P. The molecule has 0 fully saturated rings. The van der Waals surface area contributed by atoms with Crippen LogP contribution >= 0.6 is 7.60 Å². The number of hydrogen-bond acceptors (Lipinski definition) is 3. The van der Waals surface area contributed by atoms with Gasteiger partial charge in [0.05, 0.1) is 0 Å². The minimum absolute atomic E-state index is 2.05. The lowest BCUT2D eigenvalue weighted by molar-refractivity contribution is -0.146. The molecule has 11 heavy (non-hydrogen) atoms. The zero-order valence-electron chi connectivity index (χ0n) is 5.04. The summed E-state index contributed by atoms with van der Waals surface area (Å²) in [5.41, 5.74) is -2.66. The summed E-state index contributed by atoms with van der Waals surface area (Å²) in [6, 6.07) is 0. The SMILES string of the molecule is O=C(O)C(C(=O)O)P(=O)(O)O. The van der Waals surface area contributed by atoms with Gasteiger partial charge in [0.25, 0.3) is 5.66 Å². The van der Waals surface area contributed by atoms with Crippen LogP contribution in [-0.2, 0) is 14.2 Å². The molecule has 64 valence electrons. The van der Waals surface area contributed by atoms with Crippen molar-refractivity contribution in [3.63, 3.8) is 0 Å². The zero-order valence-corrected chi connectivity index (χ0v) is 5.93. The highest BCUT2D eigenvalue weighted by Crippen LogP contribution is 2.41. The van der Waals surface area contributed by atoms with Crippen molar-refractivity contribution >= 4 is 19.5 Å². The van der Waals surface area contributed by atoms with Gasteiger partial charge in [0.15, 0.2) is 0 Å². The van der Waals surface area contributed by atoms with Crippen LogP contribution in [0.15, 0.2) is 0 Å². The standard InChI is InChI=1S/C3H5O7P/c4-2(5)1(3(6)7)11(8,9)10/h1H,(H,4,5)(H,6,7)(H2,8,9,10). The Bertz CT molecular complexity index is 212. The molecule has 0 aliphatic rings. The van der Waals surface area contributed by atoms with Crippen LogP contribution < -0.4 is 0 Å². The van der Waals surface area contributed by atoms with Gasteiger partial charge in [-0.3, -0.25) is 14.2 Å². The van der Waals surface area contributed by atoms with Crippen LogP contribution in [0.4, 0.5) is 0 Å². The van der Waals surface area contributed by atoms with Crippen molar-refractivity contribution in [2.75, 3.05) is 0 Å². The largest absolute Gasteiger partial charge is 0.480 e. The van der Waals surface area contributed by atoms with Crippen molar-refractivity contribution in [3.05, 3.63) is 0 Å². The topological polar surface area (TPSA) is 132 Å². The number of hydrogen-bond donors (Lipinski definition) is 4. The van der Waals surface area contributed by atoms with E-state index in [1.807, 2.05) is 0 Å². The smallest absolute Gasteiger partial charge is 0.351 e. The molecule has 0 aliphatic heterocycles. The zero-order chi connectivity index (χ0) is 9.23. The van der Waals surface area contributed by atoms with Gasteiger partial charge in [0.1, 0.15) is 0 Å². The molecule has 0 bridgehead atoms. The van der Waals surface area contributed by atoms with E-state index in [1.165, 1.54) is 0 Å². The molecule has 0 aliphatic carbocycles. The molecule has 7 nitrogen and oxygen atoms in total. The third-order valence-electron chi connectivity index (χ3n) is 0.804. The molecule has 4 N–H and O–H groups in total. The first-order valence-corrected chi connectivity index (χ1v) is 3.96. The molecule has 0 saturated heterocycles. The Morgan fingerprint density at radius 3 is 1.36 bits per heavy atom. The van der Waals surface area contributed by atoms with E-state index < -0.39 is 25.2 Å². The van der Waals surface area contributed by atoms with Crippen LogP contribution in [0.3, 0.4) is 0 Å². The molecule has 0 saturated carbocycles. The molecule has 0 radical (unpaired) electrons. The monoisotopic (exact) mass is 184 g/mol. The molecule has 0 amide bonds. The van der Waals surface area contributed by atoms with E-state index in [2.05, 4.69) is 0 Å². The van der Waals surface area contributed by atoms with Gasteiger partial charge in [-0.1, -0.05) is 0 Å². The van der Waals surface area contributed by atoms with Crippen molar-refractivity contribution in [3.8, 4) is 0 Å². The van der Waals surface area contributed by atoms with Crippen LogP contribution in [0.25, 0.3) is 0 Å². The van der Waals surface area contributed by atoms with E-state index >= 15 is 0 Å². The lowest BCUT2D eigenvalue weighted by Gasteiger charge is -2.07. The third kappa shape index (κ3) is 2.67. The summed E-state index contributed by atoms with van der Waals surface area (Å²) >= 11 is 0. The van der Waals surface area contributed by atoms with Crippen molar-refractivity contribution in [1.82, 2.24) is 0 Å². The number of carboxylic acid groups (broad SMARTS) is 2. The average Bonchev–Trinajstić information content (AvgIpc) is 1.54. The van der Waals surface area contributed by atoms with Gasteiger partial charge in [-0.15, -0.1) is 0 Å². The molecule has 0 atom stereocenters. The van der Waals surface area contributed by atoms with E-state index in [-0.39, 0.29) is 0 Å². The Morgan fingerprint density at radius 1 is 1.09 bits per heavy atom. The van der Waals surface area contributed by atoms with Crippen molar-refractivity contribution < 1.29 is 34.2 Å². The lowest BCUT2D eigenvalue weighted by atomic mass is 10.4. The van der Waals surface area contributed by atoms with E-state index in [9.17, 15) is 14.2 Å². The molecule has 0 aromatic carbocycles. The van der Waals surface area contributed by atoms with Crippen LogP contribution in [0.5, 0.6) is 0 Å². The predicted molar refractivity (Wildman–Crippen MR) is 31.1 cm³/mol. The number of rotatable bonds is 3. The van der Waals surface area contributed by atoms with Gasteiger partial charge in [0, 0.05) is 0 Å². The Kier molecular flexibility index (Phi) is 2.75. The highest BCUT2D eigenvalue weighted by atomic mass is 31.2. The maximum atomic E-state index is 10.1. The van der Waals surface area contributed by atoms with Gasteiger partial charge >= 0.3 is 19.5 Å². The van der Waals surface area contributed by atoms with Crippen molar-refractivity contribution in [2.45, 2.75) is 5.66 Å². The second-order valence-electron chi connectivity index (χ2n) is 1.67. The molecule has 8 heteroatoms. The molecular weight excluding hydrogens is 179 g/mol. The molecule has 0 aromatic rings. The molecule has 0 heterocycles. The fourth-order valence-corrected chi connectivity index (χ4v) is 0.969. The maximum absolute atomic E-state index is 10.1. The van der Waals surface area contributed by atoms with Crippen molar-refractivity contribution in [1.29, 1.82) is 0 Å². The molecule has 0 spiro atoms. The highest BCUT2D eigenvalue weighted by molar-refractivity contribution is 7.54. The van der Waals surface area contributed by atoms with Gasteiger partial charge < -0.3 is 20.0 Å². The Morgan fingerprint density at radius 2 is 1.36 bits per heavy atom.